The third-order valence-electron chi connectivity index (χ3n) is 2.84. The summed E-state index contributed by atoms with van der Waals surface area (Å²) >= 11 is 3.32. The first-order valence-corrected chi connectivity index (χ1v) is 6.57. The molecule has 2 aromatic rings. The number of amides is 1. The average Bonchev–Trinajstić information content (AvgIpc) is 2.37. The number of halogens is 1. The van der Waals surface area contributed by atoms with Crippen LogP contribution in [0, 0.1) is 13.8 Å². The smallest absolute Gasteiger partial charge is 0.257 e. The van der Waals surface area contributed by atoms with Crippen molar-refractivity contribution in [3.63, 3.8) is 0 Å². The standard InChI is InChI=1S/C14H14BrN3O/c1-8-4-3-5-11(12(8)16)14(19)18-10-6-9(2)13(15)17-7-10/h3-7H,16H2,1-2H3,(H,18,19). The third kappa shape index (κ3) is 2.93. The summed E-state index contributed by atoms with van der Waals surface area (Å²) in [5.41, 5.74) is 9.37. The van der Waals surface area contributed by atoms with Gasteiger partial charge in [-0.3, -0.25) is 4.79 Å². The zero-order valence-electron chi connectivity index (χ0n) is 10.7. The second-order valence-electron chi connectivity index (χ2n) is 4.32. The molecule has 3 N–H and O–H groups in total. The van der Waals surface area contributed by atoms with Gasteiger partial charge in [-0.1, -0.05) is 12.1 Å². The Morgan fingerprint density at radius 3 is 2.74 bits per heavy atom. The molecule has 2 rings (SSSR count). The zero-order valence-corrected chi connectivity index (χ0v) is 12.3. The van der Waals surface area contributed by atoms with Gasteiger partial charge in [-0.15, -0.1) is 0 Å². The molecule has 0 saturated heterocycles. The molecule has 1 amide bonds. The molecule has 0 unspecified atom stereocenters. The minimum atomic E-state index is -0.232. The van der Waals surface area contributed by atoms with E-state index in [9.17, 15) is 4.79 Å². The molecule has 0 saturated carbocycles. The van der Waals surface area contributed by atoms with Gasteiger partial charge in [0.05, 0.1) is 17.4 Å². The Balaban J connectivity index is 2.26. The summed E-state index contributed by atoms with van der Waals surface area (Å²) in [5.74, 6) is -0.232. The van der Waals surface area contributed by atoms with Crippen LogP contribution in [0.2, 0.25) is 0 Å². The van der Waals surface area contributed by atoms with Crippen LogP contribution in [-0.2, 0) is 0 Å². The van der Waals surface area contributed by atoms with Crippen LogP contribution < -0.4 is 11.1 Å². The van der Waals surface area contributed by atoms with Crippen molar-refractivity contribution >= 4 is 33.2 Å². The Labute approximate surface area is 120 Å². The van der Waals surface area contributed by atoms with E-state index in [1.54, 1.807) is 12.3 Å². The summed E-state index contributed by atoms with van der Waals surface area (Å²) in [4.78, 5) is 16.3. The summed E-state index contributed by atoms with van der Waals surface area (Å²) in [6.07, 6.45) is 1.60. The molecule has 98 valence electrons. The van der Waals surface area contributed by atoms with Crippen molar-refractivity contribution in [2.24, 2.45) is 0 Å². The third-order valence-corrected chi connectivity index (χ3v) is 3.67. The topological polar surface area (TPSA) is 68.0 Å². The molecule has 1 aromatic heterocycles. The second kappa shape index (κ2) is 5.40. The Morgan fingerprint density at radius 2 is 2.05 bits per heavy atom. The van der Waals surface area contributed by atoms with E-state index < -0.39 is 0 Å². The Kier molecular flexibility index (Phi) is 3.85. The lowest BCUT2D eigenvalue weighted by atomic mass is 10.1. The Morgan fingerprint density at radius 1 is 1.32 bits per heavy atom. The van der Waals surface area contributed by atoms with Crippen molar-refractivity contribution < 1.29 is 4.79 Å². The van der Waals surface area contributed by atoms with Crippen LogP contribution in [0.15, 0.2) is 35.1 Å². The molecule has 0 aliphatic carbocycles. The molecule has 5 heteroatoms. The largest absolute Gasteiger partial charge is 0.398 e. The fourth-order valence-corrected chi connectivity index (χ4v) is 1.92. The zero-order chi connectivity index (χ0) is 14.0. The van der Waals surface area contributed by atoms with Gasteiger partial charge in [-0.05, 0) is 53.0 Å². The molecule has 1 aromatic carbocycles. The first-order valence-electron chi connectivity index (χ1n) is 5.77. The van der Waals surface area contributed by atoms with E-state index in [2.05, 4.69) is 26.2 Å². The number of carbonyl (C=O) groups is 1. The number of anilines is 2. The summed E-state index contributed by atoms with van der Waals surface area (Å²) in [6.45, 7) is 3.78. The van der Waals surface area contributed by atoms with E-state index in [4.69, 9.17) is 5.73 Å². The van der Waals surface area contributed by atoms with Crippen LogP contribution in [-0.4, -0.2) is 10.9 Å². The molecule has 4 nitrogen and oxygen atoms in total. The van der Waals surface area contributed by atoms with Gasteiger partial charge in [0.15, 0.2) is 0 Å². The number of benzene rings is 1. The van der Waals surface area contributed by atoms with Gasteiger partial charge in [0, 0.05) is 5.69 Å². The number of hydrogen-bond acceptors (Lipinski definition) is 3. The Bertz CT molecular complexity index is 641. The van der Waals surface area contributed by atoms with E-state index in [1.165, 1.54) is 0 Å². The first-order chi connectivity index (χ1) is 8.99. The predicted octanol–water partition coefficient (Wildman–Crippen LogP) is 3.30. The van der Waals surface area contributed by atoms with Gasteiger partial charge in [0.25, 0.3) is 5.91 Å². The Hall–Kier alpha value is -1.88. The lowest BCUT2D eigenvalue weighted by Crippen LogP contribution is -2.14. The minimum Gasteiger partial charge on any atom is -0.398 e. The number of nitrogens with two attached hydrogens (primary N) is 1. The number of aryl methyl sites for hydroxylation is 2. The maximum absolute atomic E-state index is 12.2. The molecular weight excluding hydrogens is 306 g/mol. The van der Waals surface area contributed by atoms with Crippen molar-refractivity contribution in [1.82, 2.24) is 4.98 Å². The molecule has 0 fully saturated rings. The number of nitrogens with one attached hydrogen (secondary N) is 1. The van der Waals surface area contributed by atoms with E-state index in [1.807, 2.05) is 32.0 Å². The van der Waals surface area contributed by atoms with Crippen LogP contribution in [0.1, 0.15) is 21.5 Å². The summed E-state index contributed by atoms with van der Waals surface area (Å²) in [6, 6.07) is 7.24. The highest BCUT2D eigenvalue weighted by molar-refractivity contribution is 9.10. The van der Waals surface area contributed by atoms with Crippen LogP contribution in [0.5, 0.6) is 0 Å². The van der Waals surface area contributed by atoms with Gasteiger partial charge in [-0.25, -0.2) is 4.98 Å². The quantitative estimate of drug-likeness (QED) is 0.659. The number of para-hydroxylation sites is 1. The molecule has 0 atom stereocenters. The predicted molar refractivity (Wildman–Crippen MR) is 80.2 cm³/mol. The normalized spacial score (nSPS) is 10.3. The molecule has 0 aliphatic heterocycles. The number of aromatic nitrogens is 1. The van der Waals surface area contributed by atoms with Gasteiger partial charge < -0.3 is 11.1 Å². The monoisotopic (exact) mass is 319 g/mol. The summed E-state index contributed by atoms with van der Waals surface area (Å²) in [5, 5.41) is 2.79. The van der Waals surface area contributed by atoms with Crippen molar-refractivity contribution in [3.8, 4) is 0 Å². The number of nitrogen functional groups attached to an aromatic ring is 1. The molecule has 19 heavy (non-hydrogen) atoms. The summed E-state index contributed by atoms with van der Waals surface area (Å²) < 4.78 is 0.764. The van der Waals surface area contributed by atoms with Crippen molar-refractivity contribution in [1.29, 1.82) is 0 Å². The number of rotatable bonds is 2. The molecular formula is C14H14BrN3O. The fourth-order valence-electron chi connectivity index (χ4n) is 1.70. The highest BCUT2D eigenvalue weighted by Gasteiger charge is 2.11. The maximum atomic E-state index is 12.2. The van der Waals surface area contributed by atoms with Crippen LogP contribution in [0.4, 0.5) is 11.4 Å². The minimum absolute atomic E-state index is 0.232. The second-order valence-corrected chi connectivity index (χ2v) is 5.07. The lowest BCUT2D eigenvalue weighted by Gasteiger charge is -2.09. The van der Waals surface area contributed by atoms with E-state index in [0.29, 0.717) is 16.9 Å². The molecule has 0 radical (unpaired) electrons. The molecule has 0 spiro atoms. The molecule has 1 heterocycles. The van der Waals surface area contributed by atoms with Gasteiger partial charge in [0.1, 0.15) is 4.60 Å². The molecule has 0 aliphatic rings. The van der Waals surface area contributed by atoms with Crippen molar-refractivity contribution in [2.75, 3.05) is 11.1 Å². The SMILES string of the molecule is Cc1cc(NC(=O)c2cccc(C)c2N)cnc1Br. The van der Waals surface area contributed by atoms with E-state index in [-0.39, 0.29) is 5.91 Å². The number of hydrogen-bond donors (Lipinski definition) is 2. The first kappa shape index (κ1) is 13.5. The molecule has 0 bridgehead atoms. The van der Waals surface area contributed by atoms with Gasteiger partial charge >= 0.3 is 0 Å². The lowest BCUT2D eigenvalue weighted by molar-refractivity contribution is 0.102. The van der Waals surface area contributed by atoms with E-state index in [0.717, 1.165) is 15.7 Å². The number of nitrogens with zero attached hydrogens (tertiary/aromatic N) is 1. The van der Waals surface area contributed by atoms with E-state index >= 15 is 0 Å². The highest BCUT2D eigenvalue weighted by Crippen LogP contribution is 2.20. The number of carbonyl (C=O) groups excluding carboxylic acids is 1. The van der Waals surface area contributed by atoms with Crippen LogP contribution in [0.25, 0.3) is 0 Å². The number of pyridine rings is 1. The maximum Gasteiger partial charge on any atom is 0.257 e. The van der Waals surface area contributed by atoms with Gasteiger partial charge in [-0.2, -0.15) is 0 Å². The summed E-state index contributed by atoms with van der Waals surface area (Å²) in [7, 11) is 0. The van der Waals surface area contributed by atoms with Crippen molar-refractivity contribution in [3.05, 3.63) is 51.8 Å². The highest BCUT2D eigenvalue weighted by atomic mass is 79.9. The fraction of sp³-hybridized carbons (Fsp3) is 0.143. The van der Waals surface area contributed by atoms with Crippen LogP contribution in [0.3, 0.4) is 0 Å². The van der Waals surface area contributed by atoms with Crippen LogP contribution >= 0.6 is 15.9 Å². The van der Waals surface area contributed by atoms with Crippen molar-refractivity contribution in [2.45, 2.75) is 13.8 Å². The van der Waals surface area contributed by atoms with Gasteiger partial charge in [0.2, 0.25) is 0 Å². The average molecular weight is 320 g/mol.